The monoisotopic (exact) mass is 395 g/mol. The largest absolute Gasteiger partial charge is 0.344 e. The Morgan fingerprint density at radius 3 is 2.61 bits per heavy atom. The van der Waals surface area contributed by atoms with E-state index in [0.717, 1.165) is 16.0 Å². The van der Waals surface area contributed by atoms with Gasteiger partial charge in [-0.2, -0.15) is 5.01 Å². The Hall–Kier alpha value is -3.33. The normalized spacial score (nSPS) is 19.1. The van der Waals surface area contributed by atoms with Crippen molar-refractivity contribution in [2.75, 3.05) is 5.75 Å². The molecule has 0 saturated carbocycles. The van der Waals surface area contributed by atoms with Crippen molar-refractivity contribution in [3.63, 3.8) is 0 Å². The molecule has 1 aromatic heterocycles. The van der Waals surface area contributed by atoms with Gasteiger partial charge >= 0.3 is 6.03 Å². The number of aromatic nitrogens is 2. The van der Waals surface area contributed by atoms with Crippen LogP contribution in [0.4, 0.5) is 4.79 Å². The molecular formula is C19H17N5O3S. The van der Waals surface area contributed by atoms with Crippen molar-refractivity contribution in [3.05, 3.63) is 60.2 Å². The van der Waals surface area contributed by atoms with Gasteiger partial charge in [0.1, 0.15) is 5.54 Å². The van der Waals surface area contributed by atoms with E-state index >= 15 is 0 Å². The van der Waals surface area contributed by atoms with Gasteiger partial charge in [0, 0.05) is 0 Å². The second-order valence-corrected chi connectivity index (χ2v) is 7.41. The minimum Gasteiger partial charge on any atom is -0.333 e. The molecule has 8 nitrogen and oxygen atoms in total. The SMILES string of the molecule is C[C@]1(c2ccccc2)NC(=O)N(NC(=O)CSc2nc3ccccc3[nH]2)C1=O. The van der Waals surface area contributed by atoms with Crippen molar-refractivity contribution < 1.29 is 14.4 Å². The van der Waals surface area contributed by atoms with E-state index in [0.29, 0.717) is 10.7 Å². The van der Waals surface area contributed by atoms with Gasteiger partial charge in [0.2, 0.25) is 5.91 Å². The third-order valence-electron chi connectivity index (χ3n) is 4.49. The number of benzene rings is 2. The number of carbonyl (C=O) groups excluding carboxylic acids is 3. The van der Waals surface area contributed by atoms with Crippen LogP contribution in [0.3, 0.4) is 0 Å². The summed E-state index contributed by atoms with van der Waals surface area (Å²) in [7, 11) is 0. The summed E-state index contributed by atoms with van der Waals surface area (Å²) in [5.41, 5.74) is 3.47. The molecule has 28 heavy (non-hydrogen) atoms. The van der Waals surface area contributed by atoms with Crippen LogP contribution >= 0.6 is 11.8 Å². The Morgan fingerprint density at radius 2 is 1.86 bits per heavy atom. The summed E-state index contributed by atoms with van der Waals surface area (Å²) < 4.78 is 0. The van der Waals surface area contributed by atoms with Gasteiger partial charge in [-0.15, -0.1) is 0 Å². The Morgan fingerprint density at radius 1 is 1.14 bits per heavy atom. The summed E-state index contributed by atoms with van der Waals surface area (Å²) in [6.45, 7) is 1.61. The number of para-hydroxylation sites is 2. The van der Waals surface area contributed by atoms with Crippen molar-refractivity contribution in [2.24, 2.45) is 0 Å². The van der Waals surface area contributed by atoms with Crippen LogP contribution in [0, 0.1) is 0 Å². The lowest BCUT2D eigenvalue weighted by Gasteiger charge is -2.22. The highest BCUT2D eigenvalue weighted by atomic mass is 32.2. The first kappa shape index (κ1) is 18.1. The van der Waals surface area contributed by atoms with E-state index in [4.69, 9.17) is 0 Å². The fourth-order valence-electron chi connectivity index (χ4n) is 3.00. The minimum atomic E-state index is -1.22. The van der Waals surface area contributed by atoms with Crippen LogP contribution in [0.5, 0.6) is 0 Å². The van der Waals surface area contributed by atoms with Crippen LogP contribution in [0.25, 0.3) is 11.0 Å². The van der Waals surface area contributed by atoms with Crippen LogP contribution in [0.15, 0.2) is 59.8 Å². The zero-order chi connectivity index (χ0) is 19.7. The second-order valence-electron chi connectivity index (χ2n) is 6.44. The molecular weight excluding hydrogens is 378 g/mol. The van der Waals surface area contributed by atoms with E-state index in [1.165, 1.54) is 11.8 Å². The highest BCUT2D eigenvalue weighted by molar-refractivity contribution is 7.99. The molecule has 0 aliphatic carbocycles. The van der Waals surface area contributed by atoms with Crippen molar-refractivity contribution in [1.82, 2.24) is 25.7 Å². The van der Waals surface area contributed by atoms with Gasteiger partial charge in [0.25, 0.3) is 5.91 Å². The number of fused-ring (bicyclic) bond motifs is 1. The molecule has 2 aromatic carbocycles. The molecule has 1 atom stereocenters. The molecule has 1 fully saturated rings. The fourth-order valence-corrected chi connectivity index (χ4v) is 3.67. The molecule has 4 amide bonds. The predicted molar refractivity (Wildman–Crippen MR) is 104 cm³/mol. The Labute approximate surface area is 164 Å². The lowest BCUT2D eigenvalue weighted by Crippen LogP contribution is -2.48. The average Bonchev–Trinajstić information content (AvgIpc) is 3.21. The molecule has 142 valence electrons. The van der Waals surface area contributed by atoms with Crippen LogP contribution in [-0.2, 0) is 15.1 Å². The van der Waals surface area contributed by atoms with E-state index in [1.54, 1.807) is 31.2 Å². The van der Waals surface area contributed by atoms with E-state index in [1.807, 2.05) is 30.3 Å². The van der Waals surface area contributed by atoms with Crippen molar-refractivity contribution >= 4 is 40.6 Å². The van der Waals surface area contributed by atoms with Gasteiger partial charge in [-0.3, -0.25) is 15.0 Å². The summed E-state index contributed by atoms with van der Waals surface area (Å²) in [4.78, 5) is 44.8. The molecule has 0 spiro atoms. The standard InChI is InChI=1S/C19H17N5O3S/c1-19(12-7-3-2-4-8-12)16(26)24(18(27)22-19)23-15(25)11-28-17-20-13-9-5-6-10-14(13)21-17/h2-10H,11H2,1H3,(H,20,21)(H,22,27)(H,23,25)/t19-/m1/s1. The summed E-state index contributed by atoms with van der Waals surface area (Å²) in [6, 6.07) is 15.8. The van der Waals surface area contributed by atoms with Crippen molar-refractivity contribution in [1.29, 1.82) is 0 Å². The molecule has 0 bridgehead atoms. The van der Waals surface area contributed by atoms with E-state index in [-0.39, 0.29) is 5.75 Å². The number of imidazole rings is 1. The molecule has 4 rings (SSSR count). The van der Waals surface area contributed by atoms with Crippen LogP contribution in [0.1, 0.15) is 12.5 Å². The molecule has 0 unspecified atom stereocenters. The fraction of sp³-hybridized carbons (Fsp3) is 0.158. The number of nitrogens with zero attached hydrogens (tertiary/aromatic N) is 2. The number of thioether (sulfide) groups is 1. The van der Waals surface area contributed by atoms with Crippen LogP contribution in [-0.4, -0.2) is 38.6 Å². The van der Waals surface area contributed by atoms with Gasteiger partial charge < -0.3 is 10.3 Å². The van der Waals surface area contributed by atoms with E-state index in [9.17, 15) is 14.4 Å². The highest BCUT2D eigenvalue weighted by Gasteiger charge is 2.49. The number of hydrazine groups is 1. The first-order chi connectivity index (χ1) is 13.5. The maximum atomic E-state index is 12.8. The number of rotatable bonds is 5. The maximum absolute atomic E-state index is 12.8. The topological polar surface area (TPSA) is 107 Å². The smallest absolute Gasteiger partial charge is 0.333 e. The number of H-pyrrole nitrogens is 1. The van der Waals surface area contributed by atoms with Crippen molar-refractivity contribution in [3.8, 4) is 0 Å². The molecule has 2 heterocycles. The second kappa shape index (κ2) is 7.01. The predicted octanol–water partition coefficient (Wildman–Crippen LogP) is 2.15. The number of urea groups is 1. The Bertz CT molecular complexity index is 1030. The maximum Gasteiger partial charge on any atom is 0.344 e. The number of amides is 4. The number of hydrogen-bond donors (Lipinski definition) is 3. The molecule has 0 radical (unpaired) electrons. The number of nitrogens with one attached hydrogen (secondary N) is 3. The first-order valence-electron chi connectivity index (χ1n) is 8.56. The minimum absolute atomic E-state index is 0.00106. The van der Waals surface area contributed by atoms with Gasteiger partial charge in [-0.25, -0.2) is 9.78 Å². The quantitative estimate of drug-likeness (QED) is 0.453. The molecule has 9 heteroatoms. The number of imide groups is 1. The number of hydrogen-bond acceptors (Lipinski definition) is 5. The van der Waals surface area contributed by atoms with Crippen LogP contribution in [0.2, 0.25) is 0 Å². The van der Waals surface area contributed by atoms with Crippen LogP contribution < -0.4 is 10.7 Å². The number of carbonyl (C=O) groups is 3. The van der Waals surface area contributed by atoms with Crippen molar-refractivity contribution in [2.45, 2.75) is 17.6 Å². The number of aromatic amines is 1. The zero-order valence-electron chi connectivity index (χ0n) is 14.9. The first-order valence-corrected chi connectivity index (χ1v) is 9.55. The lowest BCUT2D eigenvalue weighted by molar-refractivity contribution is -0.138. The molecule has 1 aliphatic heterocycles. The van der Waals surface area contributed by atoms with Gasteiger partial charge in [0.15, 0.2) is 5.16 Å². The lowest BCUT2D eigenvalue weighted by atomic mass is 9.92. The van der Waals surface area contributed by atoms with E-state index in [2.05, 4.69) is 20.7 Å². The summed E-state index contributed by atoms with van der Waals surface area (Å²) in [5.74, 6) is -1.02. The third kappa shape index (κ3) is 3.20. The Balaban J connectivity index is 1.41. The summed E-state index contributed by atoms with van der Waals surface area (Å²) >= 11 is 1.19. The molecule has 1 aliphatic rings. The van der Waals surface area contributed by atoms with Gasteiger partial charge in [-0.05, 0) is 24.6 Å². The molecule has 3 N–H and O–H groups in total. The van der Waals surface area contributed by atoms with E-state index < -0.39 is 23.4 Å². The summed E-state index contributed by atoms with van der Waals surface area (Å²) in [5, 5.41) is 3.96. The Kier molecular flexibility index (Phi) is 4.52. The highest BCUT2D eigenvalue weighted by Crippen LogP contribution is 2.27. The molecule has 3 aromatic rings. The van der Waals surface area contributed by atoms with Gasteiger partial charge in [0.05, 0.1) is 16.8 Å². The third-order valence-corrected chi connectivity index (χ3v) is 5.36. The summed E-state index contributed by atoms with van der Waals surface area (Å²) in [6.07, 6.45) is 0. The zero-order valence-corrected chi connectivity index (χ0v) is 15.7. The average molecular weight is 395 g/mol. The van der Waals surface area contributed by atoms with Gasteiger partial charge in [-0.1, -0.05) is 54.2 Å². The molecule has 1 saturated heterocycles.